The fourth-order valence-corrected chi connectivity index (χ4v) is 8.50. The number of carbonyl (C=O) groups is 4. The molecule has 1 rings (SSSR count). The second kappa shape index (κ2) is 55.4. The van der Waals surface area contributed by atoms with Gasteiger partial charge in [-0.05, 0) is 122 Å². The highest BCUT2D eigenvalue weighted by molar-refractivity contribution is 5.74. The number of hydrogen-bond acceptors (Lipinski definition) is 11. The van der Waals surface area contributed by atoms with Gasteiger partial charge in [0.2, 0.25) is 0 Å². The highest BCUT2D eigenvalue weighted by Crippen LogP contribution is 2.26. The summed E-state index contributed by atoms with van der Waals surface area (Å²) in [5, 5.41) is 31.5. The lowest BCUT2D eigenvalue weighted by molar-refractivity contribution is -0.301. The summed E-state index contributed by atoms with van der Waals surface area (Å²) in [6, 6.07) is 0. The molecule has 12 heteroatoms. The number of aliphatic carboxylic acids is 1. The average molecular weight is 1130 g/mol. The van der Waals surface area contributed by atoms with Gasteiger partial charge >= 0.3 is 23.9 Å². The number of aliphatic hydroxyl groups is 2. The van der Waals surface area contributed by atoms with E-state index in [0.717, 1.165) is 128 Å². The minimum atomic E-state index is -1.93. The molecule has 0 aliphatic carbocycles. The predicted octanol–water partition coefficient (Wildman–Crippen LogP) is 16.6. The largest absolute Gasteiger partial charge is 0.479 e. The Morgan fingerprint density at radius 1 is 0.420 bits per heavy atom. The van der Waals surface area contributed by atoms with Crippen LogP contribution < -0.4 is 0 Å². The summed E-state index contributed by atoms with van der Waals surface area (Å²) in [7, 11) is 0. The Labute approximate surface area is 490 Å². The van der Waals surface area contributed by atoms with Crippen molar-refractivity contribution in [3.63, 3.8) is 0 Å². The molecular formula is C69H108O12. The first-order valence-electron chi connectivity index (χ1n) is 31.2. The minimum absolute atomic E-state index is 0.0173. The normalized spacial score (nSPS) is 18.7. The van der Waals surface area contributed by atoms with Crippen LogP contribution in [-0.4, -0.2) is 89.2 Å². The summed E-state index contributed by atoms with van der Waals surface area (Å²) >= 11 is 0. The Hall–Kier alpha value is -5.14. The standard InChI is InChI=1S/C69H108O12/c1-4-7-10-13-16-19-22-25-28-30-31-33-35-37-40-43-46-49-52-55-61(70)77-58-60(79-62(71)56-53-50-47-44-41-38-34-27-24-21-18-15-12-9-6-3)59-78-69-67(65(74)64(73)66(81-69)68(75)76)80-63(72)57-54-51-48-45-42-39-36-32-29-26-23-20-17-14-11-8-5-2/h7-8,10-11,16-17,19-20,25-29,31,33-34,36-37,39-40,46,49,60,64-67,69,73-74H,4-6,9,12-15,18,21-24,30,32,35,38,41-45,47-48,50-59H2,1-3H3,(H,75,76)/b10-7-,11-8-,19-16-,20-17-,28-25-,29-26-,33-31-,34-27-,39-36-,40-37-,49-46-. The van der Waals surface area contributed by atoms with Crippen LogP contribution in [0.2, 0.25) is 0 Å². The van der Waals surface area contributed by atoms with Crippen LogP contribution in [0.5, 0.6) is 0 Å². The van der Waals surface area contributed by atoms with E-state index in [0.29, 0.717) is 19.3 Å². The third-order valence-electron chi connectivity index (χ3n) is 13.2. The van der Waals surface area contributed by atoms with E-state index >= 15 is 0 Å². The number of aliphatic hydroxyl groups excluding tert-OH is 2. The van der Waals surface area contributed by atoms with Crippen LogP contribution in [-0.2, 0) is 42.9 Å². The average Bonchev–Trinajstić information content (AvgIpc) is 3.53. The molecule has 456 valence electrons. The lowest BCUT2D eigenvalue weighted by Crippen LogP contribution is -2.61. The predicted molar refractivity (Wildman–Crippen MR) is 330 cm³/mol. The SMILES string of the molecule is CC/C=C\C/C=C\C/C=C\C/C=C\C/C=C\C/C=C\CCC(=O)OCC(COC1OC(C(=O)O)C(O)C(O)C1OC(=O)CCCCCC/C=C\C/C=C\C/C=C\C/C=C\CC)OC(=O)CCCCCCC/C=C\CCCCCCCC. The van der Waals surface area contributed by atoms with Crippen LogP contribution >= 0.6 is 0 Å². The zero-order chi connectivity index (χ0) is 58.9. The van der Waals surface area contributed by atoms with Crippen molar-refractivity contribution in [2.45, 2.75) is 263 Å². The van der Waals surface area contributed by atoms with Gasteiger partial charge in [0.15, 0.2) is 24.6 Å². The number of esters is 3. The number of carbonyl (C=O) groups excluding carboxylic acids is 3. The Balaban J connectivity index is 2.75. The molecule has 3 N–H and O–H groups in total. The summed E-state index contributed by atoms with van der Waals surface area (Å²) in [5.74, 6) is -3.29. The van der Waals surface area contributed by atoms with E-state index in [-0.39, 0.29) is 25.9 Å². The molecule has 0 aromatic rings. The van der Waals surface area contributed by atoms with Crippen molar-refractivity contribution >= 4 is 23.9 Å². The number of rotatable bonds is 51. The minimum Gasteiger partial charge on any atom is -0.479 e. The van der Waals surface area contributed by atoms with E-state index < -0.39 is 67.3 Å². The summed E-state index contributed by atoms with van der Waals surface area (Å²) in [5.41, 5.74) is 0. The van der Waals surface area contributed by atoms with Crippen LogP contribution in [0.15, 0.2) is 134 Å². The van der Waals surface area contributed by atoms with Crippen LogP contribution in [0.25, 0.3) is 0 Å². The highest BCUT2D eigenvalue weighted by Gasteiger charge is 2.50. The van der Waals surface area contributed by atoms with Crippen LogP contribution in [0, 0.1) is 0 Å². The van der Waals surface area contributed by atoms with Crippen molar-refractivity contribution in [2.75, 3.05) is 13.2 Å². The van der Waals surface area contributed by atoms with Gasteiger partial charge in [0.25, 0.3) is 0 Å². The molecule has 1 heterocycles. The molecule has 0 radical (unpaired) electrons. The van der Waals surface area contributed by atoms with E-state index in [4.69, 9.17) is 23.7 Å². The molecule has 6 atom stereocenters. The Morgan fingerprint density at radius 3 is 1.25 bits per heavy atom. The second-order valence-electron chi connectivity index (χ2n) is 20.6. The zero-order valence-corrected chi connectivity index (χ0v) is 50.2. The Bertz CT molecular complexity index is 1920. The van der Waals surface area contributed by atoms with Gasteiger partial charge in [0, 0.05) is 19.3 Å². The maximum Gasteiger partial charge on any atom is 0.335 e. The fraction of sp³-hybridized carbons (Fsp3) is 0.623. The molecule has 0 bridgehead atoms. The van der Waals surface area contributed by atoms with Crippen molar-refractivity contribution in [3.8, 4) is 0 Å². The number of carboxylic acid groups (broad SMARTS) is 1. The third kappa shape index (κ3) is 45.1. The van der Waals surface area contributed by atoms with Crippen LogP contribution in [0.3, 0.4) is 0 Å². The lowest BCUT2D eigenvalue weighted by Gasteiger charge is -2.40. The van der Waals surface area contributed by atoms with Gasteiger partial charge < -0.3 is 39.0 Å². The maximum atomic E-state index is 13.2. The van der Waals surface area contributed by atoms with Gasteiger partial charge in [-0.15, -0.1) is 0 Å². The fourth-order valence-electron chi connectivity index (χ4n) is 8.50. The molecule has 12 nitrogen and oxygen atoms in total. The van der Waals surface area contributed by atoms with Gasteiger partial charge in [-0.2, -0.15) is 0 Å². The molecule has 81 heavy (non-hydrogen) atoms. The topological polar surface area (TPSA) is 175 Å². The molecule has 1 aliphatic rings. The highest BCUT2D eigenvalue weighted by atomic mass is 16.7. The summed E-state index contributed by atoms with van der Waals surface area (Å²) in [6.45, 7) is 5.67. The molecule has 0 spiro atoms. The van der Waals surface area contributed by atoms with Gasteiger partial charge in [-0.3, -0.25) is 14.4 Å². The van der Waals surface area contributed by atoms with Gasteiger partial charge in [0.1, 0.15) is 18.8 Å². The number of hydrogen-bond donors (Lipinski definition) is 3. The van der Waals surface area contributed by atoms with Gasteiger partial charge in [-0.1, -0.05) is 219 Å². The molecule has 1 aliphatic heterocycles. The number of ether oxygens (including phenoxy) is 5. The quantitative estimate of drug-likeness (QED) is 0.0228. The smallest absolute Gasteiger partial charge is 0.335 e. The lowest BCUT2D eigenvalue weighted by atomic mass is 9.98. The zero-order valence-electron chi connectivity index (χ0n) is 50.2. The van der Waals surface area contributed by atoms with E-state index in [1.54, 1.807) is 0 Å². The van der Waals surface area contributed by atoms with Crippen LogP contribution in [0.1, 0.15) is 226 Å². The van der Waals surface area contributed by atoms with E-state index in [2.05, 4.69) is 142 Å². The molecule has 0 aromatic carbocycles. The monoisotopic (exact) mass is 1130 g/mol. The summed E-state index contributed by atoms with van der Waals surface area (Å²) in [6.07, 6.45) is 65.6. The van der Waals surface area contributed by atoms with Crippen molar-refractivity contribution in [1.82, 2.24) is 0 Å². The van der Waals surface area contributed by atoms with Crippen molar-refractivity contribution in [1.29, 1.82) is 0 Å². The maximum absolute atomic E-state index is 13.2. The number of carboxylic acids is 1. The molecule has 1 fully saturated rings. The molecule has 0 amide bonds. The van der Waals surface area contributed by atoms with Crippen molar-refractivity contribution < 1.29 is 58.2 Å². The van der Waals surface area contributed by atoms with Crippen molar-refractivity contribution in [2.24, 2.45) is 0 Å². The molecule has 0 aromatic heterocycles. The van der Waals surface area contributed by atoms with E-state index in [9.17, 15) is 34.5 Å². The van der Waals surface area contributed by atoms with Gasteiger partial charge in [-0.25, -0.2) is 4.79 Å². The van der Waals surface area contributed by atoms with E-state index in [1.165, 1.54) is 38.5 Å². The van der Waals surface area contributed by atoms with Gasteiger partial charge in [0.05, 0.1) is 6.61 Å². The second-order valence-corrected chi connectivity index (χ2v) is 20.6. The number of allylic oxidation sites excluding steroid dienone is 22. The first-order valence-corrected chi connectivity index (χ1v) is 31.2. The van der Waals surface area contributed by atoms with Crippen LogP contribution in [0.4, 0.5) is 0 Å². The Kier molecular flexibility index (Phi) is 50.5. The molecule has 6 unspecified atom stereocenters. The van der Waals surface area contributed by atoms with Crippen molar-refractivity contribution in [3.05, 3.63) is 134 Å². The number of unbranched alkanes of at least 4 members (excludes halogenated alkanes) is 15. The molecular weight excluding hydrogens is 1020 g/mol. The first kappa shape index (κ1) is 73.9. The molecule has 0 saturated carbocycles. The summed E-state index contributed by atoms with van der Waals surface area (Å²) in [4.78, 5) is 51.2. The Morgan fingerprint density at radius 2 is 0.802 bits per heavy atom. The third-order valence-corrected chi connectivity index (χ3v) is 13.2. The molecule has 1 saturated heterocycles. The summed E-state index contributed by atoms with van der Waals surface area (Å²) < 4.78 is 28.4. The van der Waals surface area contributed by atoms with E-state index in [1.807, 2.05) is 12.2 Å². The first-order chi connectivity index (χ1) is 39.6.